The van der Waals surface area contributed by atoms with Crippen LogP contribution in [0.4, 0.5) is 5.69 Å². The van der Waals surface area contributed by atoms with E-state index in [1.807, 2.05) is 6.20 Å². The highest BCUT2D eigenvalue weighted by molar-refractivity contribution is 5.94. The molecule has 2 unspecified atom stereocenters. The lowest BCUT2D eigenvalue weighted by molar-refractivity contribution is 0.0911. The summed E-state index contributed by atoms with van der Waals surface area (Å²) in [4.78, 5) is 12.4. The number of hydrogen-bond acceptors (Lipinski definition) is 2. The molecule has 4 nitrogen and oxygen atoms in total. The maximum Gasteiger partial charge on any atom is 0.268 e. The van der Waals surface area contributed by atoms with Crippen molar-refractivity contribution < 1.29 is 4.79 Å². The quantitative estimate of drug-likeness (QED) is 0.879. The summed E-state index contributed by atoms with van der Waals surface area (Å²) in [6.07, 6.45) is 8.94. The van der Waals surface area contributed by atoms with E-state index >= 15 is 0 Å². The van der Waals surface area contributed by atoms with Crippen molar-refractivity contribution in [3.63, 3.8) is 0 Å². The fourth-order valence-corrected chi connectivity index (χ4v) is 3.16. The SMILES string of the molecule is CC1CCCC(NC(=O)c2cc(N)cn2C2CC2)C1. The highest BCUT2D eigenvalue weighted by Crippen LogP contribution is 2.37. The van der Waals surface area contributed by atoms with Crippen LogP contribution in [0.3, 0.4) is 0 Å². The first-order valence-corrected chi connectivity index (χ1v) is 7.41. The largest absolute Gasteiger partial charge is 0.397 e. The molecule has 0 aromatic carbocycles. The van der Waals surface area contributed by atoms with Crippen LogP contribution >= 0.6 is 0 Å². The highest BCUT2D eigenvalue weighted by Gasteiger charge is 2.29. The third kappa shape index (κ3) is 2.77. The van der Waals surface area contributed by atoms with Gasteiger partial charge in [-0.15, -0.1) is 0 Å². The molecule has 2 aliphatic rings. The third-order valence-corrected chi connectivity index (χ3v) is 4.31. The smallest absolute Gasteiger partial charge is 0.268 e. The summed E-state index contributed by atoms with van der Waals surface area (Å²) in [6.45, 7) is 2.27. The maximum absolute atomic E-state index is 12.4. The molecule has 4 heteroatoms. The molecule has 0 bridgehead atoms. The van der Waals surface area contributed by atoms with Crippen LogP contribution in [0.5, 0.6) is 0 Å². The monoisotopic (exact) mass is 261 g/mol. The minimum absolute atomic E-state index is 0.0442. The van der Waals surface area contributed by atoms with E-state index in [0.29, 0.717) is 17.8 Å². The van der Waals surface area contributed by atoms with Gasteiger partial charge in [0, 0.05) is 18.3 Å². The molecule has 0 aliphatic heterocycles. The molecular weight excluding hydrogens is 238 g/mol. The van der Waals surface area contributed by atoms with E-state index in [-0.39, 0.29) is 5.91 Å². The normalized spacial score (nSPS) is 27.2. The molecule has 2 fully saturated rings. The standard InChI is InChI=1S/C15H23N3O/c1-10-3-2-4-12(7-10)17-15(19)14-8-11(16)9-18(14)13-5-6-13/h8-10,12-13H,2-7,16H2,1H3,(H,17,19). The Morgan fingerprint density at radius 3 is 2.84 bits per heavy atom. The van der Waals surface area contributed by atoms with Crippen molar-refractivity contribution in [2.45, 2.75) is 57.5 Å². The summed E-state index contributed by atoms with van der Waals surface area (Å²) >= 11 is 0. The summed E-state index contributed by atoms with van der Waals surface area (Å²) < 4.78 is 2.05. The molecule has 2 aliphatic carbocycles. The van der Waals surface area contributed by atoms with Crippen LogP contribution in [0.2, 0.25) is 0 Å². The molecule has 19 heavy (non-hydrogen) atoms. The van der Waals surface area contributed by atoms with Gasteiger partial charge < -0.3 is 15.6 Å². The minimum Gasteiger partial charge on any atom is -0.397 e. The van der Waals surface area contributed by atoms with E-state index in [0.717, 1.165) is 37.3 Å². The maximum atomic E-state index is 12.4. The second kappa shape index (κ2) is 4.91. The lowest BCUT2D eigenvalue weighted by atomic mass is 9.87. The molecule has 0 spiro atoms. The summed E-state index contributed by atoms with van der Waals surface area (Å²) in [5, 5.41) is 3.19. The van der Waals surface area contributed by atoms with Gasteiger partial charge in [-0.05, 0) is 37.7 Å². The number of nitrogens with zero attached hydrogens (tertiary/aromatic N) is 1. The molecule has 2 atom stereocenters. The predicted molar refractivity (Wildman–Crippen MR) is 76.0 cm³/mol. The average molecular weight is 261 g/mol. The van der Waals surface area contributed by atoms with Crippen LogP contribution < -0.4 is 11.1 Å². The predicted octanol–water partition coefficient (Wildman–Crippen LogP) is 2.71. The first-order chi connectivity index (χ1) is 9.13. The second-order valence-electron chi connectivity index (χ2n) is 6.24. The van der Waals surface area contributed by atoms with Crippen molar-refractivity contribution in [2.24, 2.45) is 5.92 Å². The van der Waals surface area contributed by atoms with Crippen molar-refractivity contribution >= 4 is 11.6 Å². The Bertz CT molecular complexity index is 476. The zero-order valence-electron chi connectivity index (χ0n) is 11.6. The summed E-state index contributed by atoms with van der Waals surface area (Å²) in [6, 6.07) is 2.63. The van der Waals surface area contributed by atoms with E-state index in [9.17, 15) is 4.79 Å². The van der Waals surface area contributed by atoms with Gasteiger partial charge in [0.1, 0.15) is 5.69 Å². The molecule has 1 aromatic heterocycles. The first-order valence-electron chi connectivity index (χ1n) is 7.41. The van der Waals surface area contributed by atoms with Crippen LogP contribution in [0.25, 0.3) is 0 Å². The number of rotatable bonds is 3. The van der Waals surface area contributed by atoms with Gasteiger partial charge >= 0.3 is 0 Å². The Morgan fingerprint density at radius 2 is 2.16 bits per heavy atom. The van der Waals surface area contributed by atoms with E-state index in [1.54, 1.807) is 6.07 Å². The number of aromatic nitrogens is 1. The molecule has 0 saturated heterocycles. The van der Waals surface area contributed by atoms with Gasteiger partial charge in [0.2, 0.25) is 0 Å². The van der Waals surface area contributed by atoms with Crippen molar-refractivity contribution in [1.82, 2.24) is 9.88 Å². The summed E-state index contributed by atoms with van der Waals surface area (Å²) in [7, 11) is 0. The Kier molecular flexibility index (Phi) is 3.25. The number of carbonyl (C=O) groups is 1. The Morgan fingerprint density at radius 1 is 1.37 bits per heavy atom. The number of amides is 1. The lowest BCUT2D eigenvalue weighted by Gasteiger charge is -2.27. The van der Waals surface area contributed by atoms with Crippen LogP contribution in [0.15, 0.2) is 12.3 Å². The van der Waals surface area contributed by atoms with Crippen molar-refractivity contribution in [1.29, 1.82) is 0 Å². The van der Waals surface area contributed by atoms with Crippen molar-refractivity contribution in [2.75, 3.05) is 5.73 Å². The van der Waals surface area contributed by atoms with Gasteiger partial charge in [-0.2, -0.15) is 0 Å². The second-order valence-corrected chi connectivity index (χ2v) is 6.24. The van der Waals surface area contributed by atoms with Gasteiger partial charge in [-0.3, -0.25) is 4.79 Å². The number of nitrogens with one attached hydrogen (secondary N) is 1. The number of anilines is 1. The third-order valence-electron chi connectivity index (χ3n) is 4.31. The molecule has 1 aromatic rings. The van der Waals surface area contributed by atoms with E-state index in [2.05, 4.69) is 16.8 Å². The van der Waals surface area contributed by atoms with Crippen LogP contribution in [-0.4, -0.2) is 16.5 Å². The Labute approximate surface area is 114 Å². The molecule has 1 amide bonds. The van der Waals surface area contributed by atoms with E-state index in [1.165, 1.54) is 12.8 Å². The summed E-state index contributed by atoms with van der Waals surface area (Å²) in [5.74, 6) is 0.766. The number of carbonyl (C=O) groups excluding carboxylic acids is 1. The van der Waals surface area contributed by atoms with Crippen molar-refractivity contribution in [3.05, 3.63) is 18.0 Å². The number of nitrogens with two attached hydrogens (primary N) is 1. The van der Waals surface area contributed by atoms with Gasteiger partial charge in [-0.1, -0.05) is 19.8 Å². The Hall–Kier alpha value is -1.45. The topological polar surface area (TPSA) is 60.1 Å². The van der Waals surface area contributed by atoms with Gasteiger partial charge in [0.25, 0.3) is 5.91 Å². The van der Waals surface area contributed by atoms with Crippen LogP contribution in [0.1, 0.15) is 62.0 Å². The highest BCUT2D eigenvalue weighted by atomic mass is 16.2. The molecule has 1 heterocycles. The minimum atomic E-state index is 0.0442. The Balaban J connectivity index is 1.69. The van der Waals surface area contributed by atoms with E-state index < -0.39 is 0 Å². The fraction of sp³-hybridized carbons (Fsp3) is 0.667. The van der Waals surface area contributed by atoms with Gasteiger partial charge in [0.05, 0.1) is 5.69 Å². The van der Waals surface area contributed by atoms with E-state index in [4.69, 9.17) is 5.73 Å². The number of nitrogen functional groups attached to an aromatic ring is 1. The summed E-state index contributed by atoms with van der Waals surface area (Å²) in [5.41, 5.74) is 7.26. The fourth-order valence-electron chi connectivity index (χ4n) is 3.16. The molecule has 3 rings (SSSR count). The molecular formula is C15H23N3O. The first kappa shape index (κ1) is 12.6. The van der Waals surface area contributed by atoms with Crippen LogP contribution in [-0.2, 0) is 0 Å². The molecule has 2 saturated carbocycles. The molecule has 3 N–H and O–H groups in total. The van der Waals surface area contributed by atoms with Gasteiger partial charge in [-0.25, -0.2) is 0 Å². The molecule has 104 valence electrons. The molecule has 0 radical (unpaired) electrons. The number of hydrogen-bond donors (Lipinski definition) is 2. The lowest BCUT2D eigenvalue weighted by Crippen LogP contribution is -2.38. The van der Waals surface area contributed by atoms with Crippen molar-refractivity contribution in [3.8, 4) is 0 Å². The zero-order valence-corrected chi connectivity index (χ0v) is 11.6. The van der Waals surface area contributed by atoms with Gasteiger partial charge in [0.15, 0.2) is 0 Å². The zero-order chi connectivity index (χ0) is 13.4. The average Bonchev–Trinajstić information content (AvgIpc) is 3.12. The van der Waals surface area contributed by atoms with Crippen LogP contribution in [0, 0.1) is 5.92 Å².